The molecular formula is C34H39BrN4O8. The van der Waals surface area contributed by atoms with E-state index in [0.29, 0.717) is 64.1 Å². The van der Waals surface area contributed by atoms with Crippen LogP contribution in [0.4, 0.5) is 4.79 Å². The van der Waals surface area contributed by atoms with Crippen LogP contribution in [0, 0.1) is 6.92 Å². The molecule has 2 atom stereocenters. The average molecular weight is 712 g/mol. The molecule has 0 saturated carbocycles. The van der Waals surface area contributed by atoms with E-state index in [0.717, 1.165) is 11.1 Å². The van der Waals surface area contributed by atoms with Crippen molar-refractivity contribution in [1.29, 1.82) is 0 Å². The van der Waals surface area contributed by atoms with E-state index in [2.05, 4.69) is 43.2 Å². The average Bonchev–Trinajstić information content (AvgIpc) is 3.03. The molecule has 0 saturated heterocycles. The summed E-state index contributed by atoms with van der Waals surface area (Å²) in [5.74, 6) is 1.29. The summed E-state index contributed by atoms with van der Waals surface area (Å²) >= 11 is 3.58. The first-order chi connectivity index (χ1) is 22.6. The maximum Gasteiger partial charge on any atom is 0.337 e. The van der Waals surface area contributed by atoms with Crippen LogP contribution in [0.2, 0.25) is 0 Å². The van der Waals surface area contributed by atoms with Crippen molar-refractivity contribution in [3.63, 3.8) is 0 Å². The summed E-state index contributed by atoms with van der Waals surface area (Å²) in [6, 6.07) is 15.5. The summed E-state index contributed by atoms with van der Waals surface area (Å²) in [7, 11) is 1.28. The van der Waals surface area contributed by atoms with Crippen LogP contribution in [0.3, 0.4) is 0 Å². The third-order valence-electron chi connectivity index (χ3n) is 6.91. The van der Waals surface area contributed by atoms with Crippen molar-refractivity contribution in [2.45, 2.75) is 46.6 Å². The zero-order valence-electron chi connectivity index (χ0n) is 26.9. The topological polar surface area (TPSA) is 149 Å². The van der Waals surface area contributed by atoms with Crippen molar-refractivity contribution in [2.24, 2.45) is 5.10 Å². The van der Waals surface area contributed by atoms with Crippen LogP contribution in [-0.4, -0.2) is 56.5 Å². The van der Waals surface area contributed by atoms with Gasteiger partial charge in [-0.3, -0.25) is 5.43 Å². The van der Waals surface area contributed by atoms with Gasteiger partial charge in [0.05, 0.1) is 42.6 Å². The highest BCUT2D eigenvalue weighted by Gasteiger charge is 2.32. The van der Waals surface area contributed by atoms with Gasteiger partial charge in [0.2, 0.25) is 0 Å². The largest absolute Gasteiger partial charge is 0.490 e. The number of urea groups is 1. The quantitative estimate of drug-likeness (QED) is 0.0718. The standard InChI is InChI=1S/C34H39BrN4O8/c1-6-44-27-16-24(31-30(33(41)43-5)21(4)37-34(42)38-31)11-12-26(27)46-19-29(40)39-36-17-23-14-25(35)32(28(15-23)45-7-2)47-18-22-10-8-9-20(3)13-22/h8-17,29,31,39-40H,6-7,18-19H2,1-5H3,(H2,37,38,42)/b36-17-/t29-,31-/m0/s1. The number of nitrogens with zero attached hydrogens (tertiary/aromatic N) is 1. The molecule has 0 aromatic heterocycles. The number of hydrogen-bond acceptors (Lipinski definition) is 10. The lowest BCUT2D eigenvalue weighted by molar-refractivity contribution is -0.136. The van der Waals surface area contributed by atoms with E-state index in [-0.39, 0.29) is 12.2 Å². The number of aliphatic hydroxyl groups is 1. The molecule has 4 rings (SSSR count). The van der Waals surface area contributed by atoms with Gasteiger partial charge in [0.1, 0.15) is 13.2 Å². The van der Waals surface area contributed by atoms with Crippen molar-refractivity contribution in [1.82, 2.24) is 16.1 Å². The van der Waals surface area contributed by atoms with E-state index in [4.69, 9.17) is 23.7 Å². The van der Waals surface area contributed by atoms with Crippen molar-refractivity contribution >= 4 is 34.1 Å². The second-order valence-electron chi connectivity index (χ2n) is 10.5. The van der Waals surface area contributed by atoms with Gasteiger partial charge >= 0.3 is 12.0 Å². The second kappa shape index (κ2) is 16.7. The van der Waals surface area contributed by atoms with Crippen LogP contribution in [-0.2, 0) is 16.1 Å². The molecule has 0 fully saturated rings. The monoisotopic (exact) mass is 710 g/mol. The summed E-state index contributed by atoms with van der Waals surface area (Å²) in [5.41, 5.74) is 6.80. The molecule has 0 unspecified atom stereocenters. The maximum atomic E-state index is 12.5. The second-order valence-corrected chi connectivity index (χ2v) is 11.3. The van der Waals surface area contributed by atoms with Gasteiger partial charge in [0.15, 0.2) is 29.2 Å². The predicted octanol–water partition coefficient (Wildman–Crippen LogP) is 5.26. The molecule has 4 N–H and O–H groups in total. The number of hydrazone groups is 1. The Morgan fingerprint density at radius 3 is 2.51 bits per heavy atom. The molecule has 3 aromatic carbocycles. The summed E-state index contributed by atoms with van der Waals surface area (Å²) in [6.07, 6.45) is 0.385. The molecule has 3 aromatic rings. The third-order valence-corrected chi connectivity index (χ3v) is 7.50. The van der Waals surface area contributed by atoms with E-state index < -0.39 is 24.3 Å². The Labute approximate surface area is 282 Å². The molecule has 0 spiro atoms. The van der Waals surface area contributed by atoms with Gasteiger partial charge in [-0.15, -0.1) is 0 Å². The zero-order valence-corrected chi connectivity index (χ0v) is 28.5. The SMILES string of the molecule is CCOc1cc([C@@H]2NC(=O)NC(C)=C2C(=O)OC)ccc1OC[C@H](O)N/N=C\c1cc(Br)c(OCc2cccc(C)c2)c(OCC)c1. The number of aryl methyl sites for hydroxylation is 1. The Morgan fingerprint density at radius 2 is 1.79 bits per heavy atom. The number of ether oxygens (including phenoxy) is 5. The van der Waals surface area contributed by atoms with E-state index in [9.17, 15) is 14.7 Å². The lowest BCUT2D eigenvalue weighted by Gasteiger charge is -2.28. The number of aliphatic hydroxyl groups excluding tert-OH is 1. The number of allylic oxidation sites excluding steroid dienone is 1. The Hall–Kier alpha value is -4.75. The highest BCUT2D eigenvalue weighted by Crippen LogP contribution is 2.37. The normalized spacial score (nSPS) is 15.0. The number of benzene rings is 3. The molecule has 1 heterocycles. The van der Waals surface area contributed by atoms with Crippen molar-refractivity contribution in [2.75, 3.05) is 26.9 Å². The Kier molecular flexibility index (Phi) is 12.5. The number of halogens is 1. The van der Waals surface area contributed by atoms with Crippen LogP contribution in [0.5, 0.6) is 23.0 Å². The number of carbonyl (C=O) groups is 2. The zero-order chi connectivity index (χ0) is 33.9. The van der Waals surface area contributed by atoms with Crippen molar-refractivity contribution in [3.05, 3.63) is 92.6 Å². The summed E-state index contributed by atoms with van der Waals surface area (Å²) in [4.78, 5) is 24.7. The minimum Gasteiger partial charge on any atom is -0.490 e. The van der Waals surface area contributed by atoms with Gasteiger partial charge in [-0.2, -0.15) is 5.10 Å². The van der Waals surface area contributed by atoms with E-state index >= 15 is 0 Å². The molecule has 0 bridgehead atoms. The number of methoxy groups -OCH3 is 1. The number of carbonyl (C=O) groups excluding carboxylic acids is 2. The van der Waals surface area contributed by atoms with Crippen LogP contribution in [0.15, 0.2) is 75.4 Å². The fourth-order valence-electron chi connectivity index (χ4n) is 4.84. The molecule has 1 aliphatic rings. The van der Waals surface area contributed by atoms with Crippen LogP contribution < -0.4 is 35.0 Å². The molecule has 12 nitrogen and oxygen atoms in total. The van der Waals surface area contributed by atoms with E-state index in [1.165, 1.54) is 7.11 Å². The van der Waals surface area contributed by atoms with Gasteiger partial charge < -0.3 is 39.4 Å². The highest BCUT2D eigenvalue weighted by atomic mass is 79.9. The molecule has 0 aliphatic carbocycles. The smallest absolute Gasteiger partial charge is 0.337 e. The maximum absolute atomic E-state index is 12.5. The Bertz CT molecular complexity index is 1640. The fraction of sp³-hybridized carbons (Fsp3) is 0.324. The molecule has 1 aliphatic heterocycles. The molecule has 13 heteroatoms. The van der Waals surface area contributed by atoms with Gasteiger partial charge in [-0.05, 0) is 84.6 Å². The third kappa shape index (κ3) is 9.39. The minimum atomic E-state index is -1.16. The first kappa shape index (κ1) is 35.1. The minimum absolute atomic E-state index is 0.160. The van der Waals surface area contributed by atoms with Gasteiger partial charge in [0, 0.05) is 5.70 Å². The number of nitrogens with one attached hydrogen (secondary N) is 3. The van der Waals surface area contributed by atoms with Crippen LogP contribution >= 0.6 is 15.9 Å². The lowest BCUT2D eigenvalue weighted by atomic mass is 9.95. The summed E-state index contributed by atoms with van der Waals surface area (Å²) in [6.45, 7) is 8.37. The highest BCUT2D eigenvalue weighted by molar-refractivity contribution is 9.10. The first-order valence-electron chi connectivity index (χ1n) is 15.0. The van der Waals surface area contributed by atoms with Crippen molar-refractivity contribution in [3.8, 4) is 23.0 Å². The molecule has 47 heavy (non-hydrogen) atoms. The first-order valence-corrected chi connectivity index (χ1v) is 15.8. The Balaban J connectivity index is 1.40. The summed E-state index contributed by atoms with van der Waals surface area (Å²) < 4.78 is 29.1. The van der Waals surface area contributed by atoms with E-state index in [1.807, 2.05) is 45.0 Å². The molecule has 0 radical (unpaired) electrons. The number of rotatable bonds is 15. The van der Waals surface area contributed by atoms with Gasteiger partial charge in [-0.25, -0.2) is 9.59 Å². The van der Waals surface area contributed by atoms with E-state index in [1.54, 1.807) is 37.4 Å². The molecular weight excluding hydrogens is 672 g/mol. The Morgan fingerprint density at radius 1 is 1.02 bits per heavy atom. The predicted molar refractivity (Wildman–Crippen MR) is 180 cm³/mol. The number of hydrogen-bond donors (Lipinski definition) is 4. The van der Waals surface area contributed by atoms with Crippen LogP contribution in [0.1, 0.15) is 49.1 Å². The molecule has 2 amide bonds. The number of esters is 1. The lowest BCUT2D eigenvalue weighted by Crippen LogP contribution is -2.45. The summed E-state index contributed by atoms with van der Waals surface area (Å²) in [5, 5.41) is 20.0. The van der Waals surface area contributed by atoms with Crippen molar-refractivity contribution < 1.29 is 38.4 Å². The van der Waals surface area contributed by atoms with Gasteiger partial charge in [-0.1, -0.05) is 35.9 Å². The molecule has 250 valence electrons. The van der Waals surface area contributed by atoms with Gasteiger partial charge in [0.25, 0.3) is 0 Å². The number of amides is 2. The van der Waals surface area contributed by atoms with Crippen LogP contribution in [0.25, 0.3) is 0 Å². The fourth-order valence-corrected chi connectivity index (χ4v) is 5.42.